The van der Waals surface area contributed by atoms with Gasteiger partial charge in [-0.1, -0.05) is 29.5 Å². The van der Waals surface area contributed by atoms with Crippen molar-refractivity contribution in [2.75, 3.05) is 5.73 Å². The van der Waals surface area contributed by atoms with E-state index in [0.717, 1.165) is 10.2 Å². The molecule has 0 unspecified atom stereocenters. The number of aromatic nitrogens is 1. The summed E-state index contributed by atoms with van der Waals surface area (Å²) in [5.74, 6) is 0.241. The van der Waals surface area contributed by atoms with Crippen molar-refractivity contribution in [3.8, 4) is 5.75 Å². The minimum atomic E-state index is -3.82. The van der Waals surface area contributed by atoms with E-state index in [1.807, 2.05) is 0 Å². The molecule has 3 aromatic rings. The van der Waals surface area contributed by atoms with Gasteiger partial charge in [-0.3, -0.25) is 0 Å². The number of fused-ring (bicyclic) bond motifs is 1. The number of nitrogens with two attached hydrogens (primary N) is 1. The Kier molecular flexibility index (Phi) is 3.07. The Morgan fingerprint density at radius 1 is 1.10 bits per heavy atom. The monoisotopic (exact) mass is 306 g/mol. The Hall–Kier alpha value is -2.12. The summed E-state index contributed by atoms with van der Waals surface area (Å²) in [4.78, 5) is 4.21. The second-order valence-corrected chi connectivity index (χ2v) is 6.64. The first kappa shape index (κ1) is 12.9. The van der Waals surface area contributed by atoms with E-state index < -0.39 is 10.1 Å². The number of hydrogen-bond donors (Lipinski definition) is 1. The van der Waals surface area contributed by atoms with Gasteiger partial charge in [-0.15, -0.1) is 0 Å². The van der Waals surface area contributed by atoms with E-state index in [2.05, 4.69) is 4.98 Å². The number of anilines is 1. The van der Waals surface area contributed by atoms with Crippen LogP contribution in [0.4, 0.5) is 5.13 Å². The minimum Gasteiger partial charge on any atom is -0.379 e. The predicted molar refractivity (Wildman–Crippen MR) is 78.3 cm³/mol. The Morgan fingerprint density at radius 3 is 2.60 bits per heavy atom. The van der Waals surface area contributed by atoms with Gasteiger partial charge in [-0.25, -0.2) is 4.98 Å². The fourth-order valence-electron chi connectivity index (χ4n) is 1.74. The van der Waals surface area contributed by atoms with Crippen molar-refractivity contribution in [1.29, 1.82) is 0 Å². The molecule has 2 N–H and O–H groups in total. The van der Waals surface area contributed by atoms with E-state index in [9.17, 15) is 8.42 Å². The first-order chi connectivity index (χ1) is 9.54. The number of nitrogens with zero attached hydrogens (tertiary/aromatic N) is 1. The second-order valence-electron chi connectivity index (χ2n) is 4.03. The van der Waals surface area contributed by atoms with Gasteiger partial charge in [0.25, 0.3) is 0 Å². The fraction of sp³-hybridized carbons (Fsp3) is 0. The number of hydrogen-bond acceptors (Lipinski definition) is 6. The van der Waals surface area contributed by atoms with Crippen LogP contribution in [-0.4, -0.2) is 13.4 Å². The maximum absolute atomic E-state index is 12.1. The van der Waals surface area contributed by atoms with Gasteiger partial charge in [0.05, 0.1) is 10.2 Å². The van der Waals surface area contributed by atoms with Crippen molar-refractivity contribution < 1.29 is 12.6 Å². The molecule has 0 fully saturated rings. The third kappa shape index (κ3) is 2.45. The molecule has 0 aliphatic heterocycles. The standard InChI is InChI=1S/C13H10N2O3S2/c14-13-15-11-7-6-9(8-12(11)19-13)18-20(16,17)10-4-2-1-3-5-10/h1-8H,(H2,14,15). The Balaban J connectivity index is 1.96. The highest BCUT2D eigenvalue weighted by Gasteiger charge is 2.16. The zero-order chi connectivity index (χ0) is 14.2. The van der Waals surface area contributed by atoms with E-state index in [-0.39, 0.29) is 10.6 Å². The van der Waals surface area contributed by atoms with Crippen LogP contribution in [0.2, 0.25) is 0 Å². The minimum absolute atomic E-state index is 0.115. The van der Waals surface area contributed by atoms with Crippen LogP contribution in [0.1, 0.15) is 0 Å². The lowest BCUT2D eigenvalue weighted by Crippen LogP contribution is -2.09. The Bertz CT molecular complexity index is 858. The highest BCUT2D eigenvalue weighted by Crippen LogP contribution is 2.28. The quantitative estimate of drug-likeness (QED) is 0.752. The van der Waals surface area contributed by atoms with Gasteiger partial charge in [0, 0.05) is 6.07 Å². The highest BCUT2D eigenvalue weighted by molar-refractivity contribution is 7.87. The molecular formula is C13H10N2O3S2. The molecule has 7 heteroatoms. The molecule has 1 aromatic heterocycles. The number of nitrogen functional groups attached to an aromatic ring is 1. The SMILES string of the molecule is Nc1nc2ccc(OS(=O)(=O)c3ccccc3)cc2s1. The number of benzene rings is 2. The molecule has 20 heavy (non-hydrogen) atoms. The van der Waals surface area contributed by atoms with Gasteiger partial charge in [0.15, 0.2) is 5.13 Å². The highest BCUT2D eigenvalue weighted by atomic mass is 32.2. The van der Waals surface area contributed by atoms with Crippen LogP contribution in [0, 0.1) is 0 Å². The van der Waals surface area contributed by atoms with Crippen molar-refractivity contribution in [3.05, 3.63) is 48.5 Å². The van der Waals surface area contributed by atoms with Crippen LogP contribution in [0.25, 0.3) is 10.2 Å². The van der Waals surface area contributed by atoms with Crippen LogP contribution >= 0.6 is 11.3 Å². The molecule has 3 rings (SSSR count). The van der Waals surface area contributed by atoms with Crippen LogP contribution in [0.5, 0.6) is 5.75 Å². The largest absolute Gasteiger partial charge is 0.379 e. The first-order valence-corrected chi connectivity index (χ1v) is 7.93. The molecule has 0 atom stereocenters. The molecule has 1 heterocycles. The molecule has 5 nitrogen and oxygen atoms in total. The molecule has 0 saturated carbocycles. The smallest absolute Gasteiger partial charge is 0.339 e. The summed E-state index contributed by atoms with van der Waals surface area (Å²) in [7, 11) is -3.82. The van der Waals surface area contributed by atoms with Gasteiger partial charge in [-0.05, 0) is 24.3 Å². The molecule has 0 spiro atoms. The van der Waals surface area contributed by atoms with Gasteiger partial charge >= 0.3 is 10.1 Å². The van der Waals surface area contributed by atoms with Crippen molar-refractivity contribution in [1.82, 2.24) is 4.98 Å². The summed E-state index contributed by atoms with van der Waals surface area (Å²) in [5.41, 5.74) is 6.33. The van der Waals surface area contributed by atoms with E-state index in [4.69, 9.17) is 9.92 Å². The van der Waals surface area contributed by atoms with E-state index >= 15 is 0 Å². The molecule has 0 amide bonds. The summed E-state index contributed by atoms with van der Waals surface area (Å²) < 4.78 is 30.1. The number of rotatable bonds is 3. The van der Waals surface area contributed by atoms with Crippen LogP contribution in [0.3, 0.4) is 0 Å². The van der Waals surface area contributed by atoms with Crippen LogP contribution < -0.4 is 9.92 Å². The average Bonchev–Trinajstić information content (AvgIpc) is 2.79. The topological polar surface area (TPSA) is 82.3 Å². The summed E-state index contributed by atoms with van der Waals surface area (Å²) >= 11 is 1.28. The molecule has 2 aromatic carbocycles. The predicted octanol–water partition coefficient (Wildman–Crippen LogP) is 2.65. The van der Waals surface area contributed by atoms with E-state index in [1.165, 1.54) is 23.5 Å². The normalized spacial score (nSPS) is 11.6. The zero-order valence-electron chi connectivity index (χ0n) is 10.2. The third-order valence-electron chi connectivity index (χ3n) is 2.61. The maximum atomic E-state index is 12.1. The summed E-state index contributed by atoms with van der Waals surface area (Å²) in [5, 5.41) is 0.433. The van der Waals surface area contributed by atoms with Crippen molar-refractivity contribution in [2.45, 2.75) is 4.90 Å². The fourth-order valence-corrected chi connectivity index (χ4v) is 3.44. The molecular weight excluding hydrogens is 296 g/mol. The second kappa shape index (κ2) is 4.77. The van der Waals surface area contributed by atoms with E-state index in [0.29, 0.717) is 5.13 Å². The van der Waals surface area contributed by atoms with Crippen LogP contribution in [0.15, 0.2) is 53.4 Å². The number of thiazole rings is 1. The van der Waals surface area contributed by atoms with Gasteiger partial charge in [0.2, 0.25) is 0 Å². The Morgan fingerprint density at radius 2 is 1.85 bits per heavy atom. The van der Waals surface area contributed by atoms with Crippen molar-refractivity contribution in [2.24, 2.45) is 0 Å². The zero-order valence-corrected chi connectivity index (χ0v) is 11.8. The lowest BCUT2D eigenvalue weighted by atomic mass is 10.3. The van der Waals surface area contributed by atoms with Gasteiger partial charge in [-0.2, -0.15) is 8.42 Å². The van der Waals surface area contributed by atoms with Gasteiger partial charge in [0.1, 0.15) is 10.6 Å². The van der Waals surface area contributed by atoms with Crippen molar-refractivity contribution >= 4 is 36.8 Å². The molecule has 0 saturated heterocycles. The molecule has 0 aliphatic carbocycles. The average molecular weight is 306 g/mol. The van der Waals surface area contributed by atoms with Crippen LogP contribution in [-0.2, 0) is 10.1 Å². The Labute approximate surface area is 119 Å². The molecule has 0 aliphatic rings. The molecule has 0 bridgehead atoms. The summed E-state index contributed by atoms with van der Waals surface area (Å²) in [6, 6.07) is 12.8. The van der Waals surface area contributed by atoms with E-state index in [1.54, 1.807) is 36.4 Å². The first-order valence-electron chi connectivity index (χ1n) is 5.70. The lowest BCUT2D eigenvalue weighted by molar-refractivity contribution is 0.486. The lowest BCUT2D eigenvalue weighted by Gasteiger charge is -2.06. The maximum Gasteiger partial charge on any atom is 0.339 e. The molecule has 0 radical (unpaired) electrons. The van der Waals surface area contributed by atoms with Crippen molar-refractivity contribution in [3.63, 3.8) is 0 Å². The summed E-state index contributed by atoms with van der Waals surface area (Å²) in [6.45, 7) is 0. The molecule has 102 valence electrons. The third-order valence-corrected chi connectivity index (χ3v) is 4.72. The summed E-state index contributed by atoms with van der Waals surface area (Å²) in [6.07, 6.45) is 0. The van der Waals surface area contributed by atoms with Gasteiger partial charge < -0.3 is 9.92 Å².